The second kappa shape index (κ2) is 7.32. The highest BCUT2D eigenvalue weighted by Gasteiger charge is 2.13. The second-order valence-corrected chi connectivity index (χ2v) is 5.61. The van der Waals surface area contributed by atoms with E-state index >= 15 is 0 Å². The summed E-state index contributed by atoms with van der Waals surface area (Å²) in [6.07, 6.45) is 2.35. The maximum Gasteiger partial charge on any atom is 0.258 e. The standard InChI is InChI=1S/C19H14ClFN2O2/c1-25-18-5-3-2-4-14(18)13-7-6-12(10-16(13)20)23-19(24)15-8-9-22-11-17(15)21/h2-11H,1H3,(H,23,24). The van der Waals surface area contributed by atoms with Crippen LogP contribution in [0.15, 0.2) is 60.9 Å². The SMILES string of the molecule is COc1ccccc1-c1ccc(NC(=O)c2ccncc2F)cc1Cl. The number of ether oxygens (including phenoxy) is 1. The zero-order chi connectivity index (χ0) is 17.8. The molecule has 0 bridgehead atoms. The number of para-hydroxylation sites is 1. The van der Waals surface area contributed by atoms with Crippen molar-refractivity contribution in [2.24, 2.45) is 0 Å². The summed E-state index contributed by atoms with van der Waals surface area (Å²) < 4.78 is 19.0. The molecule has 0 aliphatic carbocycles. The zero-order valence-corrected chi connectivity index (χ0v) is 14.0. The fraction of sp³-hybridized carbons (Fsp3) is 0.0526. The molecule has 0 radical (unpaired) electrons. The number of carbonyl (C=O) groups excluding carboxylic acids is 1. The molecule has 1 aromatic heterocycles. The van der Waals surface area contributed by atoms with Crippen LogP contribution in [0.1, 0.15) is 10.4 Å². The van der Waals surface area contributed by atoms with E-state index in [0.29, 0.717) is 16.5 Å². The predicted molar refractivity (Wildman–Crippen MR) is 95.6 cm³/mol. The number of rotatable bonds is 4. The molecule has 0 saturated heterocycles. The topological polar surface area (TPSA) is 51.2 Å². The molecule has 0 unspecified atom stereocenters. The third kappa shape index (κ3) is 3.61. The van der Waals surface area contributed by atoms with Crippen molar-refractivity contribution in [2.45, 2.75) is 0 Å². The number of halogens is 2. The smallest absolute Gasteiger partial charge is 0.258 e. The van der Waals surface area contributed by atoms with E-state index in [-0.39, 0.29) is 5.56 Å². The van der Waals surface area contributed by atoms with Crippen LogP contribution in [0.5, 0.6) is 5.75 Å². The molecule has 2 aromatic carbocycles. The van der Waals surface area contributed by atoms with Gasteiger partial charge in [0.25, 0.3) is 5.91 Å². The molecule has 6 heteroatoms. The van der Waals surface area contributed by atoms with Gasteiger partial charge >= 0.3 is 0 Å². The van der Waals surface area contributed by atoms with Gasteiger partial charge in [0.1, 0.15) is 5.75 Å². The van der Waals surface area contributed by atoms with Crippen LogP contribution in [0.25, 0.3) is 11.1 Å². The zero-order valence-electron chi connectivity index (χ0n) is 13.3. The summed E-state index contributed by atoms with van der Waals surface area (Å²) in [5.74, 6) is -0.558. The summed E-state index contributed by atoms with van der Waals surface area (Å²) in [7, 11) is 1.59. The molecule has 3 rings (SSSR count). The third-order valence-corrected chi connectivity index (χ3v) is 3.95. The van der Waals surface area contributed by atoms with Crippen LogP contribution in [0, 0.1) is 5.82 Å². The summed E-state index contributed by atoms with van der Waals surface area (Å²) in [5.41, 5.74) is 1.99. The van der Waals surface area contributed by atoms with Gasteiger partial charge in [0, 0.05) is 23.0 Å². The van der Waals surface area contributed by atoms with Gasteiger partial charge in [-0.2, -0.15) is 0 Å². The average Bonchev–Trinajstić information content (AvgIpc) is 2.62. The van der Waals surface area contributed by atoms with Gasteiger partial charge in [-0.15, -0.1) is 0 Å². The minimum Gasteiger partial charge on any atom is -0.496 e. The van der Waals surface area contributed by atoms with E-state index in [2.05, 4.69) is 10.3 Å². The molecule has 126 valence electrons. The molecule has 1 amide bonds. The van der Waals surface area contributed by atoms with Gasteiger partial charge in [-0.1, -0.05) is 35.9 Å². The van der Waals surface area contributed by atoms with Crippen LogP contribution in [-0.4, -0.2) is 18.0 Å². The highest BCUT2D eigenvalue weighted by molar-refractivity contribution is 6.33. The van der Waals surface area contributed by atoms with Gasteiger partial charge in [0.15, 0.2) is 5.82 Å². The van der Waals surface area contributed by atoms with Crippen molar-refractivity contribution < 1.29 is 13.9 Å². The monoisotopic (exact) mass is 356 g/mol. The van der Waals surface area contributed by atoms with E-state index in [1.165, 1.54) is 12.3 Å². The number of pyridine rings is 1. The Morgan fingerprint density at radius 1 is 1.16 bits per heavy atom. The number of anilines is 1. The molecule has 0 aliphatic heterocycles. The Balaban J connectivity index is 1.88. The lowest BCUT2D eigenvalue weighted by Gasteiger charge is -2.12. The molecule has 0 spiro atoms. The Morgan fingerprint density at radius 2 is 1.96 bits per heavy atom. The molecule has 4 nitrogen and oxygen atoms in total. The molecular formula is C19H14ClFN2O2. The lowest BCUT2D eigenvalue weighted by atomic mass is 10.0. The molecule has 0 fully saturated rings. The predicted octanol–water partition coefficient (Wildman–Crippen LogP) is 4.80. The van der Waals surface area contributed by atoms with E-state index in [1.807, 2.05) is 24.3 Å². The summed E-state index contributed by atoms with van der Waals surface area (Å²) in [4.78, 5) is 15.8. The van der Waals surface area contributed by atoms with Crippen molar-refractivity contribution in [3.63, 3.8) is 0 Å². The first-order valence-corrected chi connectivity index (χ1v) is 7.81. The van der Waals surface area contributed by atoms with Gasteiger partial charge in [0.2, 0.25) is 0 Å². The lowest BCUT2D eigenvalue weighted by molar-refractivity contribution is 0.102. The van der Waals surface area contributed by atoms with E-state index in [4.69, 9.17) is 16.3 Å². The maximum absolute atomic E-state index is 13.6. The fourth-order valence-corrected chi connectivity index (χ4v) is 2.72. The minimum atomic E-state index is -0.684. The third-order valence-electron chi connectivity index (χ3n) is 3.64. The molecule has 0 atom stereocenters. The van der Waals surface area contributed by atoms with Crippen LogP contribution in [0.2, 0.25) is 5.02 Å². The fourth-order valence-electron chi connectivity index (χ4n) is 2.44. The van der Waals surface area contributed by atoms with E-state index in [9.17, 15) is 9.18 Å². The van der Waals surface area contributed by atoms with E-state index in [1.54, 1.807) is 25.3 Å². The number of methoxy groups -OCH3 is 1. The van der Waals surface area contributed by atoms with E-state index < -0.39 is 11.7 Å². The minimum absolute atomic E-state index is 0.0834. The first-order valence-electron chi connectivity index (χ1n) is 7.44. The molecule has 0 aliphatic rings. The van der Waals surface area contributed by atoms with Crippen LogP contribution < -0.4 is 10.1 Å². The van der Waals surface area contributed by atoms with Crippen molar-refractivity contribution in [1.82, 2.24) is 4.98 Å². The Labute approximate surface area is 149 Å². The number of hydrogen-bond donors (Lipinski definition) is 1. The van der Waals surface area contributed by atoms with Crippen LogP contribution >= 0.6 is 11.6 Å². The number of aromatic nitrogens is 1. The molecule has 0 saturated carbocycles. The van der Waals surface area contributed by atoms with Gasteiger partial charge < -0.3 is 10.1 Å². The molecule has 25 heavy (non-hydrogen) atoms. The Bertz CT molecular complexity index is 931. The molecular weight excluding hydrogens is 343 g/mol. The first-order chi connectivity index (χ1) is 12.1. The van der Waals surface area contributed by atoms with Crippen molar-refractivity contribution in [1.29, 1.82) is 0 Å². The molecule has 3 aromatic rings. The summed E-state index contributed by atoms with van der Waals surface area (Å²) in [6.45, 7) is 0. The highest BCUT2D eigenvalue weighted by atomic mass is 35.5. The summed E-state index contributed by atoms with van der Waals surface area (Å²) in [5, 5.41) is 3.07. The molecule has 1 N–H and O–H groups in total. The second-order valence-electron chi connectivity index (χ2n) is 5.20. The summed E-state index contributed by atoms with van der Waals surface area (Å²) >= 11 is 6.36. The largest absolute Gasteiger partial charge is 0.496 e. The van der Waals surface area contributed by atoms with Crippen LogP contribution in [-0.2, 0) is 0 Å². The van der Waals surface area contributed by atoms with Crippen LogP contribution in [0.3, 0.4) is 0 Å². The number of hydrogen-bond acceptors (Lipinski definition) is 3. The first kappa shape index (κ1) is 16.9. The summed E-state index contributed by atoms with van der Waals surface area (Å²) in [6, 6.07) is 13.9. The number of amides is 1. The average molecular weight is 357 g/mol. The number of nitrogens with zero attached hydrogens (tertiary/aromatic N) is 1. The van der Waals surface area contributed by atoms with Gasteiger partial charge in [0.05, 0.1) is 23.9 Å². The number of carbonyl (C=O) groups is 1. The number of nitrogens with one attached hydrogen (secondary N) is 1. The van der Waals surface area contributed by atoms with Gasteiger partial charge in [-0.25, -0.2) is 4.39 Å². The highest BCUT2D eigenvalue weighted by Crippen LogP contribution is 2.36. The molecule has 1 heterocycles. The van der Waals surface area contributed by atoms with Gasteiger partial charge in [-0.3, -0.25) is 9.78 Å². The number of benzene rings is 2. The Hall–Kier alpha value is -2.92. The Kier molecular flexibility index (Phi) is 4.95. The quantitative estimate of drug-likeness (QED) is 0.730. The van der Waals surface area contributed by atoms with Crippen molar-refractivity contribution in [2.75, 3.05) is 12.4 Å². The lowest BCUT2D eigenvalue weighted by Crippen LogP contribution is -2.13. The van der Waals surface area contributed by atoms with Crippen molar-refractivity contribution >= 4 is 23.2 Å². The maximum atomic E-state index is 13.6. The van der Waals surface area contributed by atoms with Crippen molar-refractivity contribution in [3.05, 3.63) is 77.3 Å². The van der Waals surface area contributed by atoms with Crippen molar-refractivity contribution in [3.8, 4) is 16.9 Å². The van der Waals surface area contributed by atoms with Gasteiger partial charge in [-0.05, 0) is 24.3 Å². The Morgan fingerprint density at radius 3 is 2.68 bits per heavy atom. The van der Waals surface area contributed by atoms with Crippen LogP contribution in [0.4, 0.5) is 10.1 Å². The van der Waals surface area contributed by atoms with E-state index in [0.717, 1.165) is 17.3 Å². The normalized spacial score (nSPS) is 10.4.